The van der Waals surface area contributed by atoms with Crippen LogP contribution in [0.3, 0.4) is 0 Å². The Balaban J connectivity index is 2.86. The first kappa shape index (κ1) is 10.6. The van der Waals surface area contributed by atoms with Gasteiger partial charge in [-0.1, -0.05) is 0 Å². The molecule has 1 aromatic carbocycles. The fraction of sp³-hybridized carbons (Fsp3) is 0.250. The van der Waals surface area contributed by atoms with E-state index in [1.807, 2.05) is 0 Å². The molecule has 5 heteroatoms. The lowest BCUT2D eigenvalue weighted by atomic mass is 10.1. The smallest absolute Gasteiger partial charge is 0.140 e. The van der Waals surface area contributed by atoms with Gasteiger partial charge in [-0.25, -0.2) is 14.7 Å². The van der Waals surface area contributed by atoms with Crippen molar-refractivity contribution in [1.82, 2.24) is 0 Å². The Bertz CT molecular complexity index is 283. The maximum absolute atomic E-state index is 12.9. The first-order valence-corrected chi connectivity index (χ1v) is 4.39. The van der Waals surface area contributed by atoms with E-state index in [2.05, 4.69) is 20.8 Å². The van der Waals surface area contributed by atoms with Crippen LogP contribution < -0.4 is 5.90 Å². The Hall–Kier alpha value is -0.520. The van der Waals surface area contributed by atoms with Crippen molar-refractivity contribution in [2.24, 2.45) is 5.90 Å². The standard InChI is InChI=1S/C8H8BrF2NO/c9-8-6(10)3-5(1-2-13-12)4-7(8)11/h3-4H,1-2,12H2. The molecule has 0 saturated heterocycles. The van der Waals surface area contributed by atoms with Crippen LogP contribution in [0.15, 0.2) is 16.6 Å². The summed E-state index contributed by atoms with van der Waals surface area (Å²) in [5.41, 5.74) is 0.517. The summed E-state index contributed by atoms with van der Waals surface area (Å²) in [4.78, 5) is 4.30. The van der Waals surface area contributed by atoms with Crippen LogP contribution in [0.25, 0.3) is 0 Å². The molecule has 1 aromatic rings. The fourth-order valence-corrected chi connectivity index (χ4v) is 1.16. The Kier molecular flexibility index (Phi) is 3.77. The van der Waals surface area contributed by atoms with E-state index in [1.165, 1.54) is 12.1 Å². The monoisotopic (exact) mass is 251 g/mol. The van der Waals surface area contributed by atoms with Crippen LogP contribution in [0.4, 0.5) is 8.78 Å². The third-order valence-corrected chi connectivity index (χ3v) is 2.31. The molecular formula is C8H8BrF2NO. The van der Waals surface area contributed by atoms with Crippen LogP contribution in [0.1, 0.15) is 5.56 Å². The van der Waals surface area contributed by atoms with E-state index < -0.39 is 11.6 Å². The molecule has 2 N–H and O–H groups in total. The second-order valence-electron chi connectivity index (χ2n) is 2.49. The molecular weight excluding hydrogens is 244 g/mol. The zero-order valence-electron chi connectivity index (χ0n) is 6.69. The van der Waals surface area contributed by atoms with Gasteiger partial charge in [-0.3, -0.25) is 0 Å². The zero-order chi connectivity index (χ0) is 9.84. The van der Waals surface area contributed by atoms with E-state index in [1.54, 1.807) is 0 Å². The maximum atomic E-state index is 12.9. The van der Waals surface area contributed by atoms with Gasteiger partial charge < -0.3 is 4.84 Å². The Labute approximate surface area is 82.8 Å². The van der Waals surface area contributed by atoms with Crippen LogP contribution in [0.2, 0.25) is 0 Å². The lowest BCUT2D eigenvalue weighted by Gasteiger charge is -2.02. The molecule has 0 unspecified atom stereocenters. The van der Waals surface area contributed by atoms with Crippen LogP contribution in [-0.2, 0) is 11.3 Å². The molecule has 0 aliphatic rings. The normalized spacial score (nSPS) is 10.5. The Morgan fingerprint density at radius 3 is 2.31 bits per heavy atom. The van der Waals surface area contributed by atoms with Gasteiger partial charge in [0, 0.05) is 0 Å². The van der Waals surface area contributed by atoms with Gasteiger partial charge in [0.05, 0.1) is 11.1 Å². The van der Waals surface area contributed by atoms with Crippen molar-refractivity contribution in [3.8, 4) is 0 Å². The molecule has 1 rings (SSSR count). The summed E-state index contributed by atoms with van der Waals surface area (Å²) in [6, 6.07) is 2.48. The molecule has 0 aliphatic carbocycles. The van der Waals surface area contributed by atoms with Gasteiger partial charge in [-0.2, -0.15) is 0 Å². The lowest BCUT2D eigenvalue weighted by molar-refractivity contribution is 0.141. The fourth-order valence-electron chi connectivity index (χ4n) is 0.929. The van der Waals surface area contributed by atoms with Gasteiger partial charge in [0.1, 0.15) is 11.6 Å². The average molecular weight is 252 g/mol. The molecule has 2 nitrogen and oxygen atoms in total. The second kappa shape index (κ2) is 4.64. The minimum atomic E-state index is -0.618. The Morgan fingerprint density at radius 2 is 1.85 bits per heavy atom. The molecule has 72 valence electrons. The van der Waals surface area contributed by atoms with Gasteiger partial charge in [-0.15, -0.1) is 0 Å². The van der Waals surface area contributed by atoms with E-state index >= 15 is 0 Å². The van der Waals surface area contributed by atoms with Crippen molar-refractivity contribution >= 4 is 15.9 Å². The van der Waals surface area contributed by atoms with Crippen molar-refractivity contribution in [3.63, 3.8) is 0 Å². The predicted molar refractivity (Wildman–Crippen MR) is 47.9 cm³/mol. The van der Waals surface area contributed by atoms with E-state index in [9.17, 15) is 8.78 Å². The highest BCUT2D eigenvalue weighted by atomic mass is 79.9. The second-order valence-corrected chi connectivity index (χ2v) is 3.29. The molecule has 0 fully saturated rings. The molecule has 0 aliphatic heterocycles. The Morgan fingerprint density at radius 1 is 1.31 bits per heavy atom. The summed E-state index contributed by atoms with van der Waals surface area (Å²) in [6.07, 6.45) is 0.387. The number of hydrogen-bond acceptors (Lipinski definition) is 2. The van der Waals surface area contributed by atoms with E-state index in [-0.39, 0.29) is 11.1 Å². The molecule has 0 atom stereocenters. The van der Waals surface area contributed by atoms with Gasteiger partial charge >= 0.3 is 0 Å². The topological polar surface area (TPSA) is 35.2 Å². The minimum Gasteiger partial charge on any atom is -0.304 e. The van der Waals surface area contributed by atoms with E-state index in [0.29, 0.717) is 12.0 Å². The maximum Gasteiger partial charge on any atom is 0.140 e. The van der Waals surface area contributed by atoms with Crippen molar-refractivity contribution < 1.29 is 13.6 Å². The summed E-state index contributed by atoms with van der Waals surface area (Å²) in [5.74, 6) is 3.55. The molecule has 13 heavy (non-hydrogen) atoms. The van der Waals surface area contributed by atoms with Crippen molar-refractivity contribution in [3.05, 3.63) is 33.8 Å². The van der Waals surface area contributed by atoms with E-state index in [0.717, 1.165) is 0 Å². The molecule has 0 aromatic heterocycles. The van der Waals surface area contributed by atoms with Gasteiger partial charge in [0.2, 0.25) is 0 Å². The molecule has 0 spiro atoms. The summed E-state index contributed by atoms with van der Waals surface area (Å²) < 4.78 is 25.7. The summed E-state index contributed by atoms with van der Waals surface area (Å²) in [7, 11) is 0. The number of halogens is 3. The number of nitrogens with two attached hydrogens (primary N) is 1. The van der Waals surface area contributed by atoms with Gasteiger partial charge in [-0.05, 0) is 40.0 Å². The van der Waals surface area contributed by atoms with Crippen molar-refractivity contribution in [2.45, 2.75) is 6.42 Å². The molecule has 0 heterocycles. The molecule has 0 radical (unpaired) electrons. The summed E-state index contributed by atoms with van der Waals surface area (Å²) >= 11 is 2.78. The highest BCUT2D eigenvalue weighted by molar-refractivity contribution is 9.10. The largest absolute Gasteiger partial charge is 0.304 e. The SMILES string of the molecule is NOCCc1cc(F)c(Br)c(F)c1. The highest BCUT2D eigenvalue weighted by Gasteiger charge is 2.07. The average Bonchev–Trinajstić information content (AvgIpc) is 2.10. The van der Waals surface area contributed by atoms with Crippen LogP contribution in [-0.4, -0.2) is 6.61 Å². The predicted octanol–water partition coefficient (Wildman–Crippen LogP) is 2.16. The quantitative estimate of drug-likeness (QED) is 0.660. The molecule has 0 bridgehead atoms. The number of rotatable bonds is 3. The van der Waals surface area contributed by atoms with Crippen molar-refractivity contribution in [1.29, 1.82) is 0 Å². The van der Waals surface area contributed by atoms with Crippen LogP contribution in [0.5, 0.6) is 0 Å². The lowest BCUT2D eigenvalue weighted by Crippen LogP contribution is -2.04. The summed E-state index contributed by atoms with van der Waals surface area (Å²) in [6.45, 7) is 0.237. The van der Waals surface area contributed by atoms with Crippen LogP contribution in [0, 0.1) is 11.6 Å². The van der Waals surface area contributed by atoms with E-state index in [4.69, 9.17) is 5.90 Å². The van der Waals surface area contributed by atoms with Gasteiger partial charge in [0.15, 0.2) is 0 Å². The number of benzene rings is 1. The third-order valence-electron chi connectivity index (χ3n) is 1.55. The first-order valence-electron chi connectivity index (χ1n) is 3.60. The minimum absolute atomic E-state index is 0.148. The molecule has 0 saturated carbocycles. The molecule has 0 amide bonds. The highest BCUT2D eigenvalue weighted by Crippen LogP contribution is 2.21. The van der Waals surface area contributed by atoms with Crippen LogP contribution >= 0.6 is 15.9 Å². The first-order chi connectivity index (χ1) is 6.15. The zero-order valence-corrected chi connectivity index (χ0v) is 8.27. The van der Waals surface area contributed by atoms with Crippen molar-refractivity contribution in [2.75, 3.05) is 6.61 Å². The summed E-state index contributed by atoms with van der Waals surface area (Å²) in [5, 5.41) is 0. The number of hydrogen-bond donors (Lipinski definition) is 1. The third kappa shape index (κ3) is 2.72. The van der Waals surface area contributed by atoms with Gasteiger partial charge in [0.25, 0.3) is 0 Å².